The summed E-state index contributed by atoms with van der Waals surface area (Å²) in [5.41, 5.74) is 1.19. The molecule has 0 saturated carbocycles. The zero-order valence-corrected chi connectivity index (χ0v) is 17.4. The van der Waals surface area contributed by atoms with Crippen LogP contribution >= 0.6 is 0 Å². The predicted molar refractivity (Wildman–Crippen MR) is 108 cm³/mol. The smallest absolute Gasteiger partial charge is 0.320 e. The van der Waals surface area contributed by atoms with Crippen LogP contribution in [0.3, 0.4) is 0 Å². The molecule has 162 valence electrons. The molecule has 2 aromatic rings. The number of ether oxygens (including phenoxy) is 1. The van der Waals surface area contributed by atoms with E-state index < -0.39 is 12.7 Å². The second-order valence-electron chi connectivity index (χ2n) is 8.50. The molecular weight excluding hydrogens is 394 g/mol. The molecule has 2 unspecified atom stereocenters. The van der Waals surface area contributed by atoms with Gasteiger partial charge in [0.15, 0.2) is 0 Å². The molecule has 0 bridgehead atoms. The van der Waals surface area contributed by atoms with Gasteiger partial charge in [0.1, 0.15) is 24.1 Å². The minimum Gasteiger partial charge on any atom is -0.473 e. The van der Waals surface area contributed by atoms with Gasteiger partial charge in [0.25, 0.3) is 0 Å². The maximum atomic E-state index is 13.5. The summed E-state index contributed by atoms with van der Waals surface area (Å²) in [5.74, 6) is -0.143. The fourth-order valence-electron chi connectivity index (χ4n) is 3.18. The van der Waals surface area contributed by atoms with Crippen molar-refractivity contribution in [1.29, 1.82) is 5.41 Å². The average Bonchev–Trinajstić information content (AvgIpc) is 3.27. The number of alkyl halides is 2. The van der Waals surface area contributed by atoms with E-state index in [-0.39, 0.29) is 28.8 Å². The maximum absolute atomic E-state index is 13.5. The molecule has 3 rings (SSSR count). The Bertz CT molecular complexity index is 980. The van der Waals surface area contributed by atoms with E-state index in [1.54, 1.807) is 19.2 Å². The zero-order chi connectivity index (χ0) is 22.1. The first-order valence-corrected chi connectivity index (χ1v) is 9.75. The molecule has 30 heavy (non-hydrogen) atoms. The van der Waals surface area contributed by atoms with Crippen LogP contribution in [0.4, 0.5) is 8.78 Å². The lowest BCUT2D eigenvalue weighted by Gasteiger charge is -2.20. The van der Waals surface area contributed by atoms with Crippen molar-refractivity contribution in [2.24, 2.45) is 5.92 Å². The van der Waals surface area contributed by atoms with Crippen LogP contribution in [-0.2, 0) is 4.79 Å². The summed E-state index contributed by atoms with van der Waals surface area (Å²) in [6.45, 7) is 5.53. The molecule has 0 aromatic carbocycles. The number of hydrogen-bond acceptors (Lipinski definition) is 5. The number of fused-ring (bicyclic) bond motifs is 1. The molecule has 2 atom stereocenters. The van der Waals surface area contributed by atoms with Crippen molar-refractivity contribution >= 4 is 28.7 Å². The van der Waals surface area contributed by atoms with Gasteiger partial charge in [-0.05, 0) is 33.8 Å². The molecule has 1 saturated heterocycles. The molecule has 2 aromatic heterocycles. The van der Waals surface area contributed by atoms with E-state index in [4.69, 9.17) is 10.1 Å². The van der Waals surface area contributed by atoms with Crippen molar-refractivity contribution in [3.05, 3.63) is 24.3 Å². The number of amides is 1. The first kappa shape index (κ1) is 21.8. The molecule has 1 fully saturated rings. The highest BCUT2D eigenvalue weighted by Gasteiger charge is 2.29. The van der Waals surface area contributed by atoms with Crippen LogP contribution in [0.1, 0.15) is 46.4 Å². The van der Waals surface area contributed by atoms with Crippen LogP contribution in [0.5, 0.6) is 5.88 Å². The van der Waals surface area contributed by atoms with Crippen molar-refractivity contribution in [3.8, 4) is 5.88 Å². The number of halogens is 2. The van der Waals surface area contributed by atoms with E-state index in [1.807, 2.05) is 26.1 Å². The summed E-state index contributed by atoms with van der Waals surface area (Å²) in [7, 11) is 0. The van der Waals surface area contributed by atoms with Gasteiger partial charge in [-0.25, -0.2) is 9.97 Å². The Morgan fingerprint density at radius 1 is 1.47 bits per heavy atom. The Morgan fingerprint density at radius 2 is 2.20 bits per heavy atom. The molecule has 4 N–H and O–H groups in total. The SMILES string of the molecule is CC(Oc1nc(C(C=N)=C[NH2+]C(C)(C)C)cc2ncn(C(F)F)c12)C1CNC(=O)C1. The highest BCUT2D eigenvalue weighted by atomic mass is 19.3. The molecule has 8 nitrogen and oxygen atoms in total. The van der Waals surface area contributed by atoms with E-state index in [9.17, 15) is 13.6 Å². The third-order valence-corrected chi connectivity index (χ3v) is 4.91. The van der Waals surface area contributed by atoms with Gasteiger partial charge in [-0.15, -0.1) is 0 Å². The molecule has 1 aliphatic heterocycles. The third kappa shape index (κ3) is 4.81. The predicted octanol–water partition coefficient (Wildman–Crippen LogP) is 2.08. The number of nitrogens with one attached hydrogen (secondary N) is 2. The fourth-order valence-corrected chi connectivity index (χ4v) is 3.18. The monoisotopic (exact) mass is 421 g/mol. The van der Waals surface area contributed by atoms with Crippen molar-refractivity contribution < 1.29 is 23.6 Å². The summed E-state index contributed by atoms with van der Waals surface area (Å²) in [6, 6.07) is 1.57. The molecule has 1 aliphatic rings. The van der Waals surface area contributed by atoms with E-state index in [0.29, 0.717) is 34.3 Å². The van der Waals surface area contributed by atoms with Gasteiger partial charge in [-0.3, -0.25) is 9.36 Å². The van der Waals surface area contributed by atoms with Gasteiger partial charge < -0.3 is 20.8 Å². The van der Waals surface area contributed by atoms with E-state index >= 15 is 0 Å². The van der Waals surface area contributed by atoms with Crippen LogP contribution in [0, 0.1) is 11.3 Å². The Morgan fingerprint density at radius 3 is 2.77 bits per heavy atom. The number of allylic oxidation sites excluding steroid dienone is 1. The summed E-state index contributed by atoms with van der Waals surface area (Å²) in [5, 5.41) is 12.5. The van der Waals surface area contributed by atoms with Gasteiger partial charge in [0, 0.05) is 25.1 Å². The number of pyridine rings is 1. The highest BCUT2D eigenvalue weighted by Crippen LogP contribution is 2.31. The fraction of sp³-hybridized carbons (Fsp3) is 0.500. The Hall–Kier alpha value is -2.88. The summed E-state index contributed by atoms with van der Waals surface area (Å²) < 4.78 is 33.7. The molecule has 10 heteroatoms. The van der Waals surface area contributed by atoms with Crippen molar-refractivity contribution in [1.82, 2.24) is 19.9 Å². The number of imidazole rings is 1. The van der Waals surface area contributed by atoms with E-state index in [1.165, 1.54) is 0 Å². The molecule has 1 amide bonds. The second kappa shape index (κ2) is 8.47. The Kier molecular flexibility index (Phi) is 6.16. The van der Waals surface area contributed by atoms with E-state index in [0.717, 1.165) is 12.5 Å². The third-order valence-electron chi connectivity index (χ3n) is 4.91. The lowest BCUT2D eigenvalue weighted by Crippen LogP contribution is -2.89. The van der Waals surface area contributed by atoms with Crippen molar-refractivity contribution in [2.45, 2.75) is 52.3 Å². The van der Waals surface area contributed by atoms with Gasteiger partial charge >= 0.3 is 6.55 Å². The number of nitrogens with zero attached hydrogens (tertiary/aromatic N) is 3. The van der Waals surface area contributed by atoms with Crippen LogP contribution in [0.2, 0.25) is 0 Å². The first-order chi connectivity index (χ1) is 14.1. The largest absolute Gasteiger partial charge is 0.473 e. The van der Waals surface area contributed by atoms with Gasteiger partial charge in [-0.1, -0.05) is 0 Å². The summed E-state index contributed by atoms with van der Waals surface area (Å²) in [6.07, 6.45) is 3.87. The molecule has 0 radical (unpaired) electrons. The molecular formula is C20H27F2N6O2+. The first-order valence-electron chi connectivity index (χ1n) is 9.75. The van der Waals surface area contributed by atoms with Crippen LogP contribution in [-0.4, -0.2) is 44.8 Å². The normalized spacial score (nSPS) is 18.7. The second-order valence-corrected chi connectivity index (χ2v) is 8.50. The van der Waals surface area contributed by atoms with E-state index in [2.05, 4.69) is 15.3 Å². The molecule has 0 aliphatic carbocycles. The van der Waals surface area contributed by atoms with Gasteiger partial charge in [0.2, 0.25) is 11.8 Å². The lowest BCUT2D eigenvalue weighted by atomic mass is 10.0. The summed E-state index contributed by atoms with van der Waals surface area (Å²) >= 11 is 0. The number of rotatable bonds is 7. The van der Waals surface area contributed by atoms with Gasteiger partial charge in [-0.2, -0.15) is 8.78 Å². The molecule has 3 heterocycles. The number of carbonyl (C=O) groups is 1. The minimum absolute atomic E-state index is 0.00987. The topological polar surface area (TPSA) is 110 Å². The minimum atomic E-state index is -2.80. The average molecular weight is 421 g/mol. The quantitative estimate of drug-likeness (QED) is 0.595. The standard InChI is InChI=1S/C20H26F2N6O2/c1-11(12-5-16(29)24-8-12)30-18-17-15(25-10-28(17)19(21)22)6-14(27-18)13(7-23)9-26-20(2,3)4/h6-7,9-12,19,23,26H,5,8H2,1-4H3,(H,24,29)/p+1. The Labute approximate surface area is 173 Å². The Balaban J connectivity index is 2.04. The van der Waals surface area contributed by atoms with Crippen LogP contribution in [0.25, 0.3) is 16.6 Å². The number of hydrogen-bond donors (Lipinski definition) is 3. The summed E-state index contributed by atoms with van der Waals surface area (Å²) in [4.78, 5) is 20.1. The van der Waals surface area contributed by atoms with Gasteiger partial charge in [0.05, 0.1) is 22.3 Å². The highest BCUT2D eigenvalue weighted by molar-refractivity contribution is 6.08. The number of quaternary nitrogens is 1. The number of nitrogens with two attached hydrogens (primary N) is 1. The number of carbonyl (C=O) groups excluding carboxylic acids is 1. The van der Waals surface area contributed by atoms with Crippen molar-refractivity contribution in [2.75, 3.05) is 6.54 Å². The maximum Gasteiger partial charge on any atom is 0.320 e. The zero-order valence-electron chi connectivity index (χ0n) is 17.4. The van der Waals surface area contributed by atoms with Crippen LogP contribution < -0.4 is 15.4 Å². The van der Waals surface area contributed by atoms with Crippen LogP contribution in [0.15, 0.2) is 18.6 Å². The lowest BCUT2D eigenvalue weighted by molar-refractivity contribution is -0.656. The van der Waals surface area contributed by atoms with Crippen molar-refractivity contribution in [3.63, 3.8) is 0 Å². The molecule has 0 spiro atoms. The number of aromatic nitrogens is 3.